The van der Waals surface area contributed by atoms with E-state index >= 15 is 0 Å². The molecule has 2 amide bonds. The average molecular weight is 326 g/mol. The van der Waals surface area contributed by atoms with Crippen molar-refractivity contribution < 1.29 is 22.0 Å². The fourth-order valence-corrected chi connectivity index (χ4v) is 2.29. The van der Waals surface area contributed by atoms with Gasteiger partial charge in [-0.25, -0.2) is 22.0 Å². The summed E-state index contributed by atoms with van der Waals surface area (Å²) in [7, 11) is -3.32. The maximum Gasteiger partial charge on any atom is 0.323 e. The molecule has 0 aliphatic rings. The molecule has 0 bridgehead atoms. The lowest BCUT2D eigenvalue weighted by atomic mass is 10.3. The van der Waals surface area contributed by atoms with Gasteiger partial charge in [-0.05, 0) is 36.4 Å². The van der Waals surface area contributed by atoms with Crippen molar-refractivity contribution in [1.82, 2.24) is 0 Å². The highest BCUT2D eigenvalue weighted by Gasteiger charge is 2.09. The lowest BCUT2D eigenvalue weighted by Gasteiger charge is -2.09. The summed E-state index contributed by atoms with van der Waals surface area (Å²) in [6.07, 6.45) is 1.07. The van der Waals surface area contributed by atoms with Gasteiger partial charge in [-0.15, -0.1) is 0 Å². The molecular weight excluding hydrogens is 314 g/mol. The van der Waals surface area contributed by atoms with Crippen LogP contribution in [0.3, 0.4) is 0 Å². The van der Waals surface area contributed by atoms with Crippen molar-refractivity contribution in [2.75, 3.05) is 16.9 Å². The number of hydrogen-bond acceptors (Lipinski definition) is 3. The largest absolute Gasteiger partial charge is 0.323 e. The van der Waals surface area contributed by atoms with Crippen LogP contribution in [0.4, 0.5) is 25.0 Å². The highest BCUT2D eigenvalue weighted by Crippen LogP contribution is 2.17. The molecule has 5 nitrogen and oxygen atoms in total. The Kier molecular flexibility index (Phi) is 4.41. The maximum atomic E-state index is 13.4. The summed E-state index contributed by atoms with van der Waals surface area (Å²) in [4.78, 5) is 11.8. The van der Waals surface area contributed by atoms with E-state index in [0.717, 1.165) is 18.4 Å². The second kappa shape index (κ2) is 6.10. The first-order valence-electron chi connectivity index (χ1n) is 6.09. The van der Waals surface area contributed by atoms with Crippen LogP contribution in [0.15, 0.2) is 47.4 Å². The molecular formula is C14H12F2N2O3S. The molecule has 0 atom stereocenters. The number of rotatable bonds is 3. The van der Waals surface area contributed by atoms with Crippen LogP contribution in [0.2, 0.25) is 0 Å². The van der Waals surface area contributed by atoms with E-state index in [9.17, 15) is 22.0 Å². The fourth-order valence-electron chi connectivity index (χ4n) is 1.66. The van der Waals surface area contributed by atoms with Crippen LogP contribution >= 0.6 is 0 Å². The number of anilines is 2. The summed E-state index contributed by atoms with van der Waals surface area (Å²) in [5, 5.41) is 4.63. The van der Waals surface area contributed by atoms with Crippen LogP contribution in [-0.4, -0.2) is 20.7 Å². The highest BCUT2D eigenvalue weighted by atomic mass is 32.2. The topological polar surface area (TPSA) is 75.3 Å². The zero-order valence-corrected chi connectivity index (χ0v) is 12.2. The summed E-state index contributed by atoms with van der Waals surface area (Å²) in [5.41, 5.74) is 0.152. The molecule has 0 saturated heterocycles. The Morgan fingerprint density at radius 3 is 2.18 bits per heavy atom. The Balaban J connectivity index is 2.06. The number of sulfone groups is 1. The minimum atomic E-state index is -3.32. The summed E-state index contributed by atoms with van der Waals surface area (Å²) in [6.45, 7) is 0. The van der Waals surface area contributed by atoms with Gasteiger partial charge in [-0.1, -0.05) is 0 Å². The lowest BCUT2D eigenvalue weighted by Crippen LogP contribution is -2.20. The standard InChI is InChI=1S/C14H12F2N2O3S/c1-22(20,21)11-5-3-10(4-6-11)17-14(19)18-13-7-2-9(15)8-12(13)16/h2-8H,1H3,(H2,17,18,19). The quantitative estimate of drug-likeness (QED) is 0.910. The van der Waals surface area contributed by atoms with Gasteiger partial charge in [0.15, 0.2) is 9.84 Å². The van der Waals surface area contributed by atoms with Crippen LogP contribution in [-0.2, 0) is 9.84 Å². The van der Waals surface area contributed by atoms with Crippen molar-refractivity contribution >= 4 is 27.2 Å². The number of amides is 2. The summed E-state index contributed by atoms with van der Waals surface area (Å²) < 4.78 is 48.7. The minimum absolute atomic E-state index is 0.114. The molecule has 2 aromatic carbocycles. The molecule has 2 N–H and O–H groups in total. The van der Waals surface area contributed by atoms with Gasteiger partial charge in [-0.3, -0.25) is 0 Å². The predicted octanol–water partition coefficient (Wildman–Crippen LogP) is 3.01. The second-order valence-electron chi connectivity index (χ2n) is 4.50. The van der Waals surface area contributed by atoms with E-state index in [1.54, 1.807) is 0 Å². The molecule has 2 aromatic rings. The van der Waals surface area contributed by atoms with Gasteiger partial charge < -0.3 is 10.6 Å². The Morgan fingerprint density at radius 1 is 1.00 bits per heavy atom. The van der Waals surface area contributed by atoms with Crippen molar-refractivity contribution in [3.8, 4) is 0 Å². The van der Waals surface area contributed by atoms with Crippen molar-refractivity contribution in [3.05, 3.63) is 54.1 Å². The number of carbonyl (C=O) groups is 1. The number of hydrogen-bond donors (Lipinski definition) is 2. The molecule has 0 fully saturated rings. The molecule has 0 unspecified atom stereocenters. The zero-order chi connectivity index (χ0) is 16.3. The van der Waals surface area contributed by atoms with E-state index in [-0.39, 0.29) is 10.6 Å². The van der Waals surface area contributed by atoms with Crippen molar-refractivity contribution in [1.29, 1.82) is 0 Å². The van der Waals surface area contributed by atoms with Crippen LogP contribution in [0.5, 0.6) is 0 Å². The van der Waals surface area contributed by atoms with Crippen LogP contribution in [0.1, 0.15) is 0 Å². The Bertz CT molecular complexity index is 805. The maximum absolute atomic E-state index is 13.4. The van der Waals surface area contributed by atoms with Gasteiger partial charge in [0.25, 0.3) is 0 Å². The van der Waals surface area contributed by atoms with Gasteiger partial charge in [0, 0.05) is 18.0 Å². The number of halogens is 2. The van der Waals surface area contributed by atoms with Crippen LogP contribution < -0.4 is 10.6 Å². The third-order valence-electron chi connectivity index (χ3n) is 2.72. The summed E-state index contributed by atoms with van der Waals surface area (Å²) in [5.74, 6) is -1.65. The van der Waals surface area contributed by atoms with Gasteiger partial charge in [-0.2, -0.15) is 0 Å². The molecule has 8 heteroatoms. The Hall–Kier alpha value is -2.48. The number of benzene rings is 2. The van der Waals surface area contributed by atoms with Gasteiger partial charge in [0.1, 0.15) is 11.6 Å². The van der Waals surface area contributed by atoms with Gasteiger partial charge >= 0.3 is 6.03 Å². The molecule has 22 heavy (non-hydrogen) atoms. The van der Waals surface area contributed by atoms with Crippen LogP contribution in [0, 0.1) is 11.6 Å². The lowest BCUT2D eigenvalue weighted by molar-refractivity contribution is 0.262. The molecule has 0 aliphatic heterocycles. The van der Waals surface area contributed by atoms with E-state index in [2.05, 4.69) is 10.6 Å². The molecule has 0 aromatic heterocycles. The molecule has 0 spiro atoms. The molecule has 0 heterocycles. The number of nitrogens with one attached hydrogen (secondary N) is 2. The van der Waals surface area contributed by atoms with Crippen molar-refractivity contribution in [2.24, 2.45) is 0 Å². The molecule has 0 aliphatic carbocycles. The molecule has 116 valence electrons. The third-order valence-corrected chi connectivity index (χ3v) is 3.85. The first-order chi connectivity index (χ1) is 10.3. The molecule has 2 rings (SSSR count). The fraction of sp³-hybridized carbons (Fsp3) is 0.0714. The first kappa shape index (κ1) is 15.9. The van der Waals surface area contributed by atoms with E-state index in [4.69, 9.17) is 0 Å². The summed E-state index contributed by atoms with van der Waals surface area (Å²) >= 11 is 0. The molecule has 0 saturated carbocycles. The van der Waals surface area contributed by atoms with Crippen LogP contribution in [0.25, 0.3) is 0 Å². The monoisotopic (exact) mass is 326 g/mol. The minimum Gasteiger partial charge on any atom is -0.308 e. The number of carbonyl (C=O) groups excluding carboxylic acids is 1. The molecule has 0 radical (unpaired) electrons. The zero-order valence-electron chi connectivity index (χ0n) is 11.4. The van der Waals surface area contributed by atoms with E-state index in [0.29, 0.717) is 11.8 Å². The first-order valence-corrected chi connectivity index (χ1v) is 7.98. The van der Waals surface area contributed by atoms with E-state index in [1.807, 2.05) is 0 Å². The van der Waals surface area contributed by atoms with E-state index < -0.39 is 27.5 Å². The normalized spacial score (nSPS) is 11.0. The van der Waals surface area contributed by atoms with E-state index in [1.165, 1.54) is 24.3 Å². The smallest absolute Gasteiger partial charge is 0.308 e. The van der Waals surface area contributed by atoms with Gasteiger partial charge in [0.05, 0.1) is 10.6 Å². The third kappa shape index (κ3) is 4.01. The highest BCUT2D eigenvalue weighted by molar-refractivity contribution is 7.90. The Labute approximate surface area is 125 Å². The SMILES string of the molecule is CS(=O)(=O)c1ccc(NC(=O)Nc2ccc(F)cc2F)cc1. The summed E-state index contributed by atoms with van der Waals surface area (Å²) in [6, 6.07) is 7.49. The predicted molar refractivity (Wildman–Crippen MR) is 78.6 cm³/mol. The van der Waals surface area contributed by atoms with Gasteiger partial charge in [0.2, 0.25) is 0 Å². The second-order valence-corrected chi connectivity index (χ2v) is 6.52. The Morgan fingerprint density at radius 2 is 1.64 bits per heavy atom. The number of urea groups is 1. The average Bonchev–Trinajstić information content (AvgIpc) is 2.41. The van der Waals surface area contributed by atoms with Crippen molar-refractivity contribution in [3.63, 3.8) is 0 Å². The van der Waals surface area contributed by atoms with Crippen molar-refractivity contribution in [2.45, 2.75) is 4.90 Å².